The van der Waals surface area contributed by atoms with Crippen LogP contribution < -0.4 is 5.32 Å². The van der Waals surface area contributed by atoms with Crippen molar-refractivity contribution in [3.8, 4) is 0 Å². The van der Waals surface area contributed by atoms with Gasteiger partial charge in [-0.1, -0.05) is 13.8 Å². The van der Waals surface area contributed by atoms with Crippen molar-refractivity contribution < 1.29 is 4.74 Å². The lowest BCUT2D eigenvalue weighted by atomic mass is 9.95. The van der Waals surface area contributed by atoms with Crippen LogP contribution in [0.4, 0.5) is 0 Å². The summed E-state index contributed by atoms with van der Waals surface area (Å²) >= 11 is 0. The number of nitrogens with one attached hydrogen (secondary N) is 1. The normalized spacial score (nSPS) is 42.3. The minimum absolute atomic E-state index is 0.530. The Labute approximate surface area is 68.3 Å². The highest BCUT2D eigenvalue weighted by Crippen LogP contribution is 2.34. The van der Waals surface area contributed by atoms with Gasteiger partial charge in [0.2, 0.25) is 0 Å². The molecule has 0 saturated carbocycles. The summed E-state index contributed by atoms with van der Waals surface area (Å²) in [6, 6.07) is 1.25. The Morgan fingerprint density at radius 1 is 1.36 bits per heavy atom. The molecular weight excluding hydrogens is 138 g/mol. The number of hydrogen-bond acceptors (Lipinski definition) is 2. The van der Waals surface area contributed by atoms with Crippen LogP contribution in [0.1, 0.15) is 33.1 Å². The minimum atomic E-state index is 0.530. The molecule has 0 aliphatic carbocycles. The predicted molar refractivity (Wildman–Crippen MR) is 44.6 cm³/mol. The maximum atomic E-state index is 5.72. The van der Waals surface area contributed by atoms with Crippen LogP contribution in [0.5, 0.6) is 0 Å². The predicted octanol–water partition coefficient (Wildman–Crippen LogP) is 1.30. The summed E-state index contributed by atoms with van der Waals surface area (Å²) in [4.78, 5) is 0. The number of rotatable bonds is 2. The molecule has 0 spiro atoms. The molecule has 11 heavy (non-hydrogen) atoms. The third-order valence-corrected chi connectivity index (χ3v) is 2.65. The Morgan fingerprint density at radius 3 is 2.64 bits per heavy atom. The van der Waals surface area contributed by atoms with Gasteiger partial charge in [0.1, 0.15) is 0 Å². The molecule has 0 aromatic heterocycles. The summed E-state index contributed by atoms with van der Waals surface area (Å²) in [5.41, 5.74) is 0. The maximum Gasteiger partial charge on any atom is 0.0733 e. The second kappa shape index (κ2) is 2.76. The molecule has 2 saturated heterocycles. The molecule has 2 aliphatic rings. The molecule has 2 heterocycles. The number of hydrogen-bond donors (Lipinski definition) is 1. The van der Waals surface area contributed by atoms with E-state index in [2.05, 4.69) is 19.2 Å². The van der Waals surface area contributed by atoms with E-state index < -0.39 is 0 Å². The van der Waals surface area contributed by atoms with Crippen molar-refractivity contribution in [3.05, 3.63) is 0 Å². The Balaban J connectivity index is 1.87. The topological polar surface area (TPSA) is 21.3 Å². The van der Waals surface area contributed by atoms with E-state index in [4.69, 9.17) is 4.74 Å². The minimum Gasteiger partial charge on any atom is -0.373 e. The van der Waals surface area contributed by atoms with Gasteiger partial charge in [0, 0.05) is 12.1 Å². The Kier molecular flexibility index (Phi) is 1.90. The van der Waals surface area contributed by atoms with Crippen LogP contribution in [0.25, 0.3) is 0 Å². The molecular formula is C9H17NO. The molecule has 64 valence electrons. The van der Waals surface area contributed by atoms with Crippen LogP contribution in [0, 0.1) is 0 Å². The largest absolute Gasteiger partial charge is 0.373 e. The highest BCUT2D eigenvalue weighted by molar-refractivity contribution is 4.94. The zero-order chi connectivity index (χ0) is 7.84. The molecule has 2 aliphatic heterocycles. The smallest absolute Gasteiger partial charge is 0.0733 e. The summed E-state index contributed by atoms with van der Waals surface area (Å²) in [6.45, 7) is 4.40. The van der Waals surface area contributed by atoms with Gasteiger partial charge in [0.15, 0.2) is 0 Å². The molecule has 2 bridgehead atoms. The first-order valence-corrected chi connectivity index (χ1v) is 4.67. The van der Waals surface area contributed by atoms with E-state index in [1.165, 1.54) is 19.3 Å². The van der Waals surface area contributed by atoms with Gasteiger partial charge >= 0.3 is 0 Å². The quantitative estimate of drug-likeness (QED) is 0.649. The van der Waals surface area contributed by atoms with Crippen molar-refractivity contribution >= 4 is 0 Å². The highest BCUT2D eigenvalue weighted by atomic mass is 16.5. The van der Waals surface area contributed by atoms with Crippen molar-refractivity contribution in [3.63, 3.8) is 0 Å². The van der Waals surface area contributed by atoms with Crippen LogP contribution in [-0.4, -0.2) is 24.3 Å². The molecule has 3 atom stereocenters. The number of ether oxygens (including phenoxy) is 1. The van der Waals surface area contributed by atoms with Crippen molar-refractivity contribution in [1.29, 1.82) is 0 Å². The van der Waals surface area contributed by atoms with E-state index in [0.29, 0.717) is 24.3 Å². The zero-order valence-electron chi connectivity index (χ0n) is 7.34. The fraction of sp³-hybridized carbons (Fsp3) is 1.00. The fourth-order valence-electron chi connectivity index (χ4n) is 2.24. The Morgan fingerprint density at radius 2 is 2.18 bits per heavy atom. The standard InChI is InChI=1S/C9H17NO/c1-6(2)10-8-5-7-3-4-9(8)11-7/h6-10H,3-5H2,1-2H3/t7-,8+,9+/m0/s1. The maximum absolute atomic E-state index is 5.72. The summed E-state index contributed by atoms with van der Waals surface area (Å²) in [6.07, 6.45) is 4.91. The van der Waals surface area contributed by atoms with Crippen LogP contribution in [0.3, 0.4) is 0 Å². The molecule has 1 N–H and O–H groups in total. The first kappa shape index (κ1) is 7.56. The molecule has 2 fully saturated rings. The SMILES string of the molecule is CC(C)N[C@@H]1C[C@@H]2CC[C@H]1O2. The molecule has 0 radical (unpaired) electrons. The molecule has 0 aromatic rings. The third kappa shape index (κ3) is 1.42. The van der Waals surface area contributed by atoms with E-state index in [1.54, 1.807) is 0 Å². The lowest BCUT2D eigenvalue weighted by molar-refractivity contribution is 0.0965. The van der Waals surface area contributed by atoms with Gasteiger partial charge in [-0.15, -0.1) is 0 Å². The first-order valence-electron chi connectivity index (χ1n) is 4.67. The summed E-state index contributed by atoms with van der Waals surface area (Å²) in [5.74, 6) is 0. The third-order valence-electron chi connectivity index (χ3n) is 2.65. The van der Waals surface area contributed by atoms with Gasteiger partial charge in [0.05, 0.1) is 12.2 Å². The molecule has 0 unspecified atom stereocenters. The molecule has 0 aromatic carbocycles. The van der Waals surface area contributed by atoms with Crippen LogP contribution in [0.15, 0.2) is 0 Å². The average Bonchev–Trinajstić information content (AvgIpc) is 2.45. The zero-order valence-corrected chi connectivity index (χ0v) is 7.34. The van der Waals surface area contributed by atoms with E-state index >= 15 is 0 Å². The van der Waals surface area contributed by atoms with Crippen LogP contribution in [-0.2, 0) is 4.74 Å². The number of fused-ring (bicyclic) bond motifs is 2. The Hall–Kier alpha value is -0.0800. The Bertz CT molecular complexity index is 146. The summed E-state index contributed by atoms with van der Waals surface area (Å²) in [5, 5.41) is 3.55. The monoisotopic (exact) mass is 155 g/mol. The van der Waals surface area contributed by atoms with Crippen LogP contribution >= 0.6 is 0 Å². The lowest BCUT2D eigenvalue weighted by Gasteiger charge is -2.22. The van der Waals surface area contributed by atoms with Crippen molar-refractivity contribution in [2.24, 2.45) is 0 Å². The van der Waals surface area contributed by atoms with Crippen molar-refractivity contribution in [2.75, 3.05) is 0 Å². The van der Waals surface area contributed by atoms with Crippen molar-refractivity contribution in [2.45, 2.75) is 57.4 Å². The van der Waals surface area contributed by atoms with Gasteiger partial charge in [-0.25, -0.2) is 0 Å². The highest BCUT2D eigenvalue weighted by Gasteiger charge is 2.40. The van der Waals surface area contributed by atoms with Gasteiger partial charge in [-0.05, 0) is 19.3 Å². The van der Waals surface area contributed by atoms with Gasteiger partial charge in [-0.2, -0.15) is 0 Å². The first-order chi connectivity index (χ1) is 5.25. The van der Waals surface area contributed by atoms with Crippen molar-refractivity contribution in [1.82, 2.24) is 5.32 Å². The molecule has 2 nitrogen and oxygen atoms in total. The van der Waals surface area contributed by atoms with Gasteiger partial charge < -0.3 is 10.1 Å². The van der Waals surface area contributed by atoms with E-state index in [-0.39, 0.29) is 0 Å². The molecule has 2 rings (SSSR count). The van der Waals surface area contributed by atoms with Gasteiger partial charge in [-0.3, -0.25) is 0 Å². The summed E-state index contributed by atoms with van der Waals surface area (Å²) in [7, 11) is 0. The summed E-state index contributed by atoms with van der Waals surface area (Å²) < 4.78 is 5.72. The fourth-order valence-corrected chi connectivity index (χ4v) is 2.24. The lowest BCUT2D eigenvalue weighted by Crippen LogP contribution is -2.41. The second-order valence-corrected chi connectivity index (χ2v) is 4.04. The average molecular weight is 155 g/mol. The van der Waals surface area contributed by atoms with Crippen LogP contribution in [0.2, 0.25) is 0 Å². The van der Waals surface area contributed by atoms with E-state index in [1.807, 2.05) is 0 Å². The molecule has 0 amide bonds. The second-order valence-electron chi connectivity index (χ2n) is 4.04. The van der Waals surface area contributed by atoms with E-state index in [9.17, 15) is 0 Å². The van der Waals surface area contributed by atoms with Gasteiger partial charge in [0.25, 0.3) is 0 Å². The molecule has 2 heteroatoms. The van der Waals surface area contributed by atoms with E-state index in [0.717, 1.165) is 0 Å².